The molecule has 0 bridgehead atoms. The van der Waals surface area contributed by atoms with E-state index in [1.807, 2.05) is 30.3 Å². The van der Waals surface area contributed by atoms with E-state index in [0.29, 0.717) is 43.9 Å². The second-order valence-corrected chi connectivity index (χ2v) is 9.07. The number of nitrogens with zero attached hydrogens (tertiary/aromatic N) is 2. The van der Waals surface area contributed by atoms with E-state index in [9.17, 15) is 19.5 Å². The largest absolute Gasteiger partial charge is 0.396 e. The smallest absolute Gasteiger partial charge is 0.321 e. The van der Waals surface area contributed by atoms with Crippen molar-refractivity contribution in [2.45, 2.75) is 25.7 Å². The molecule has 2 aromatic rings. The molecular formula is C26H32N4O4. The molecule has 2 aromatic carbocycles. The molecule has 2 fully saturated rings. The Kier molecular flexibility index (Phi) is 7.80. The van der Waals surface area contributed by atoms with Crippen LogP contribution < -0.4 is 10.6 Å². The number of carbonyl (C=O) groups is 3. The van der Waals surface area contributed by atoms with E-state index < -0.39 is 0 Å². The van der Waals surface area contributed by atoms with Gasteiger partial charge in [0.1, 0.15) is 0 Å². The van der Waals surface area contributed by atoms with Gasteiger partial charge in [-0.25, -0.2) is 4.79 Å². The Bertz CT molecular complexity index is 1000. The highest BCUT2D eigenvalue weighted by Gasteiger charge is 2.29. The van der Waals surface area contributed by atoms with Crippen LogP contribution in [0, 0.1) is 11.8 Å². The normalized spacial score (nSPS) is 18.9. The highest BCUT2D eigenvalue weighted by molar-refractivity contribution is 5.98. The van der Waals surface area contributed by atoms with E-state index in [1.165, 1.54) is 0 Å². The zero-order valence-electron chi connectivity index (χ0n) is 19.3. The third-order valence-electron chi connectivity index (χ3n) is 6.64. The molecule has 2 saturated heterocycles. The minimum Gasteiger partial charge on any atom is -0.396 e. The monoisotopic (exact) mass is 464 g/mol. The second-order valence-electron chi connectivity index (χ2n) is 9.07. The van der Waals surface area contributed by atoms with Crippen LogP contribution in [0.2, 0.25) is 0 Å². The number of likely N-dealkylation sites (tertiary alicyclic amines) is 2. The molecule has 3 N–H and O–H groups in total. The van der Waals surface area contributed by atoms with Crippen molar-refractivity contribution < 1.29 is 19.5 Å². The van der Waals surface area contributed by atoms with Crippen molar-refractivity contribution in [3.05, 3.63) is 60.2 Å². The van der Waals surface area contributed by atoms with E-state index in [4.69, 9.17) is 0 Å². The Morgan fingerprint density at radius 3 is 2.32 bits per heavy atom. The van der Waals surface area contributed by atoms with Gasteiger partial charge in [0.05, 0.1) is 5.92 Å². The van der Waals surface area contributed by atoms with Crippen molar-refractivity contribution in [2.24, 2.45) is 11.8 Å². The van der Waals surface area contributed by atoms with E-state index in [1.54, 1.807) is 34.1 Å². The Hall–Kier alpha value is -3.39. The van der Waals surface area contributed by atoms with Crippen LogP contribution in [-0.2, 0) is 4.79 Å². The van der Waals surface area contributed by atoms with Gasteiger partial charge in [-0.1, -0.05) is 24.3 Å². The predicted molar refractivity (Wildman–Crippen MR) is 131 cm³/mol. The van der Waals surface area contributed by atoms with Gasteiger partial charge < -0.3 is 25.5 Å². The second kappa shape index (κ2) is 11.2. The number of hydrogen-bond donors (Lipinski definition) is 3. The minimum absolute atomic E-state index is 0.0612. The van der Waals surface area contributed by atoms with Crippen molar-refractivity contribution in [1.82, 2.24) is 9.80 Å². The molecule has 2 heterocycles. The summed E-state index contributed by atoms with van der Waals surface area (Å²) in [6.07, 6.45) is 3.06. The van der Waals surface area contributed by atoms with Crippen LogP contribution in [0.15, 0.2) is 54.6 Å². The van der Waals surface area contributed by atoms with Gasteiger partial charge in [-0.15, -0.1) is 0 Å². The lowest BCUT2D eigenvalue weighted by molar-refractivity contribution is -0.121. The van der Waals surface area contributed by atoms with E-state index >= 15 is 0 Å². The zero-order chi connectivity index (χ0) is 23.9. The summed E-state index contributed by atoms with van der Waals surface area (Å²) >= 11 is 0. The number of aliphatic hydroxyl groups is 1. The van der Waals surface area contributed by atoms with Crippen molar-refractivity contribution in [3.63, 3.8) is 0 Å². The molecular weight excluding hydrogens is 432 g/mol. The van der Waals surface area contributed by atoms with Crippen LogP contribution in [0.3, 0.4) is 0 Å². The molecule has 180 valence electrons. The van der Waals surface area contributed by atoms with Crippen LogP contribution in [0.5, 0.6) is 0 Å². The number of anilines is 2. The van der Waals surface area contributed by atoms with Gasteiger partial charge >= 0.3 is 6.03 Å². The highest BCUT2D eigenvalue weighted by atomic mass is 16.3. The molecule has 1 atom stereocenters. The molecule has 4 amide bonds. The maximum absolute atomic E-state index is 13.0. The van der Waals surface area contributed by atoms with Gasteiger partial charge in [0.15, 0.2) is 0 Å². The molecule has 8 nitrogen and oxygen atoms in total. The van der Waals surface area contributed by atoms with E-state index in [2.05, 4.69) is 10.6 Å². The van der Waals surface area contributed by atoms with Gasteiger partial charge in [0, 0.05) is 49.7 Å². The number of amides is 4. The lowest BCUT2D eigenvalue weighted by atomic mass is 9.97. The summed E-state index contributed by atoms with van der Waals surface area (Å²) in [5.41, 5.74) is 1.83. The molecule has 2 aliphatic rings. The van der Waals surface area contributed by atoms with Crippen LogP contribution in [0.1, 0.15) is 36.0 Å². The first kappa shape index (κ1) is 23.8. The van der Waals surface area contributed by atoms with Crippen LogP contribution in [0.25, 0.3) is 0 Å². The number of aliphatic hydroxyl groups excluding tert-OH is 1. The Labute approximate surface area is 199 Å². The van der Waals surface area contributed by atoms with E-state index in [0.717, 1.165) is 24.9 Å². The molecule has 34 heavy (non-hydrogen) atoms. The molecule has 0 spiro atoms. The molecule has 0 aliphatic carbocycles. The summed E-state index contributed by atoms with van der Waals surface area (Å²) in [5, 5.41) is 15.1. The maximum Gasteiger partial charge on any atom is 0.321 e. The van der Waals surface area contributed by atoms with Crippen molar-refractivity contribution >= 4 is 29.2 Å². The summed E-state index contributed by atoms with van der Waals surface area (Å²) < 4.78 is 0. The van der Waals surface area contributed by atoms with Crippen LogP contribution >= 0.6 is 0 Å². The number of piperidine rings is 2. The van der Waals surface area contributed by atoms with Gasteiger partial charge in [-0.3, -0.25) is 9.59 Å². The average molecular weight is 465 g/mol. The lowest BCUT2D eigenvalue weighted by Crippen LogP contribution is -2.45. The van der Waals surface area contributed by atoms with Crippen molar-refractivity contribution in [3.8, 4) is 0 Å². The summed E-state index contributed by atoms with van der Waals surface area (Å²) in [4.78, 5) is 42.0. The maximum atomic E-state index is 13.0. The standard InChI is InChI=1S/C26H32N4O4/c31-18-19-11-14-29(15-12-19)25(33)20-6-4-10-23(16-20)27-24(32)21-7-5-13-30(17-21)26(34)28-22-8-2-1-3-9-22/h1-4,6,8-10,16,19,21,31H,5,7,11-15,17-18H2,(H,27,32)(H,28,34). The first-order valence-electron chi connectivity index (χ1n) is 12.0. The summed E-state index contributed by atoms with van der Waals surface area (Å²) in [5.74, 6) is -0.258. The number of rotatable bonds is 5. The number of para-hydroxylation sites is 1. The van der Waals surface area contributed by atoms with Gasteiger partial charge in [-0.2, -0.15) is 0 Å². The number of benzene rings is 2. The number of nitrogens with one attached hydrogen (secondary N) is 2. The van der Waals surface area contributed by atoms with Crippen molar-refractivity contribution in [1.29, 1.82) is 0 Å². The fourth-order valence-corrected chi connectivity index (χ4v) is 4.58. The molecule has 1 unspecified atom stereocenters. The van der Waals surface area contributed by atoms with Gasteiger partial charge in [0.2, 0.25) is 5.91 Å². The summed E-state index contributed by atoms with van der Waals surface area (Å²) in [7, 11) is 0. The minimum atomic E-state index is -0.313. The Balaban J connectivity index is 1.33. The molecule has 8 heteroatoms. The quantitative estimate of drug-likeness (QED) is 0.631. The van der Waals surface area contributed by atoms with Crippen LogP contribution in [0.4, 0.5) is 16.2 Å². The SMILES string of the molecule is O=C(Nc1cccc(C(=O)N2CCC(CO)CC2)c1)C1CCCN(C(=O)Nc2ccccc2)C1. The zero-order valence-corrected chi connectivity index (χ0v) is 19.3. The molecule has 4 rings (SSSR count). The molecule has 0 radical (unpaired) electrons. The van der Waals surface area contributed by atoms with E-state index in [-0.39, 0.29) is 36.3 Å². The van der Waals surface area contributed by atoms with Crippen LogP contribution in [-0.4, -0.2) is 65.5 Å². The Morgan fingerprint density at radius 1 is 0.853 bits per heavy atom. The number of hydrogen-bond acceptors (Lipinski definition) is 4. The van der Waals surface area contributed by atoms with Crippen molar-refractivity contribution in [2.75, 3.05) is 43.4 Å². The first-order chi connectivity index (χ1) is 16.5. The third-order valence-corrected chi connectivity index (χ3v) is 6.64. The topological polar surface area (TPSA) is 102 Å². The predicted octanol–water partition coefficient (Wildman–Crippen LogP) is 3.41. The Morgan fingerprint density at radius 2 is 1.59 bits per heavy atom. The number of urea groups is 1. The fraction of sp³-hybridized carbons (Fsp3) is 0.423. The molecule has 0 aromatic heterocycles. The van der Waals surface area contributed by atoms with Gasteiger partial charge in [0.25, 0.3) is 5.91 Å². The van der Waals surface area contributed by atoms with Gasteiger partial charge in [-0.05, 0) is 61.9 Å². The lowest BCUT2D eigenvalue weighted by Gasteiger charge is -2.32. The molecule has 2 aliphatic heterocycles. The third kappa shape index (κ3) is 5.94. The highest BCUT2D eigenvalue weighted by Crippen LogP contribution is 2.22. The summed E-state index contributed by atoms with van der Waals surface area (Å²) in [6.45, 7) is 2.38. The first-order valence-corrected chi connectivity index (χ1v) is 12.0. The molecule has 0 saturated carbocycles. The average Bonchev–Trinajstić information content (AvgIpc) is 2.89. The summed E-state index contributed by atoms with van der Waals surface area (Å²) in [6, 6.07) is 16.1. The number of carbonyl (C=O) groups excluding carboxylic acids is 3. The fourth-order valence-electron chi connectivity index (χ4n) is 4.58.